The van der Waals surface area contributed by atoms with Crippen LogP contribution in [0.5, 0.6) is 0 Å². The van der Waals surface area contributed by atoms with E-state index in [9.17, 15) is 22.3 Å². The van der Waals surface area contributed by atoms with E-state index in [0.717, 1.165) is 11.3 Å². The van der Waals surface area contributed by atoms with E-state index in [0.29, 0.717) is 0 Å². The van der Waals surface area contributed by atoms with Gasteiger partial charge >= 0.3 is 0 Å². The predicted molar refractivity (Wildman–Crippen MR) is 80.2 cm³/mol. The molecule has 0 aliphatic carbocycles. The van der Waals surface area contributed by atoms with Crippen molar-refractivity contribution in [3.05, 3.63) is 17.5 Å². The van der Waals surface area contributed by atoms with Crippen LogP contribution in [0.25, 0.3) is 0 Å². The molecule has 1 aromatic rings. The normalized spacial score (nSPS) is 31.7. The van der Waals surface area contributed by atoms with Gasteiger partial charge in [0.1, 0.15) is 4.21 Å². The lowest BCUT2D eigenvalue weighted by Crippen LogP contribution is -2.46. The van der Waals surface area contributed by atoms with Crippen molar-refractivity contribution < 1.29 is 27.0 Å². The van der Waals surface area contributed by atoms with Crippen LogP contribution in [0.3, 0.4) is 0 Å². The first-order valence-electron chi connectivity index (χ1n) is 7.22. The molecule has 3 atom stereocenters. The zero-order chi connectivity index (χ0) is 16.7. The zero-order valence-electron chi connectivity index (χ0n) is 12.2. The maximum absolute atomic E-state index is 13.2. The van der Waals surface area contributed by atoms with Crippen molar-refractivity contribution in [2.45, 2.75) is 34.8 Å². The summed E-state index contributed by atoms with van der Waals surface area (Å²) in [6, 6.07) is 2.31. The Bertz CT molecular complexity index is 638. The zero-order valence-corrected chi connectivity index (χ0v) is 13.8. The first-order valence-corrected chi connectivity index (χ1v) is 9.59. The van der Waals surface area contributed by atoms with Crippen molar-refractivity contribution in [3.63, 3.8) is 0 Å². The summed E-state index contributed by atoms with van der Waals surface area (Å²) in [6.07, 6.45) is -1.96. The molecule has 6 nitrogen and oxygen atoms in total. The molecule has 3 heterocycles. The summed E-state index contributed by atoms with van der Waals surface area (Å²) in [6.45, 7) is 0.0605. The highest BCUT2D eigenvalue weighted by molar-refractivity contribution is 7.91. The number of aliphatic hydroxyl groups excluding tert-OH is 1. The summed E-state index contributed by atoms with van der Waals surface area (Å²) in [4.78, 5) is 1.53. The minimum absolute atomic E-state index is 0.0146. The fourth-order valence-corrected chi connectivity index (χ4v) is 5.09. The second kappa shape index (κ2) is 6.34. The smallest absolute Gasteiger partial charge is 0.261 e. The quantitative estimate of drug-likeness (QED) is 0.791. The van der Waals surface area contributed by atoms with Crippen LogP contribution in [0.4, 0.5) is 8.78 Å². The molecule has 2 saturated heterocycles. The van der Waals surface area contributed by atoms with Gasteiger partial charge in [0.05, 0.1) is 31.4 Å². The van der Waals surface area contributed by atoms with E-state index < -0.39 is 34.2 Å². The summed E-state index contributed by atoms with van der Waals surface area (Å²) in [5.41, 5.74) is 0. The van der Waals surface area contributed by atoms with Gasteiger partial charge in [0.25, 0.3) is 5.92 Å². The van der Waals surface area contributed by atoms with Crippen molar-refractivity contribution in [1.82, 2.24) is 9.62 Å². The van der Waals surface area contributed by atoms with Crippen LogP contribution in [0.1, 0.15) is 6.42 Å². The molecule has 0 bridgehead atoms. The molecule has 2 N–H and O–H groups in total. The molecule has 1 aromatic heterocycles. The van der Waals surface area contributed by atoms with Gasteiger partial charge in [-0.05, 0) is 11.4 Å². The number of ether oxygens (including phenoxy) is 1. The van der Waals surface area contributed by atoms with Gasteiger partial charge in [-0.15, -0.1) is 11.3 Å². The van der Waals surface area contributed by atoms with Crippen LogP contribution in [-0.4, -0.2) is 68.8 Å². The molecule has 23 heavy (non-hydrogen) atoms. The SMILES string of the molecule is O=S(=O)(NC1COC(CN2CCC(F)(F)C2)C1O)c1cccs1. The molecular weight excluding hydrogens is 350 g/mol. The molecule has 0 amide bonds. The number of rotatable bonds is 5. The van der Waals surface area contributed by atoms with Crippen molar-refractivity contribution in [1.29, 1.82) is 0 Å². The minimum atomic E-state index is -3.71. The van der Waals surface area contributed by atoms with Gasteiger partial charge in [-0.25, -0.2) is 21.9 Å². The van der Waals surface area contributed by atoms with Gasteiger partial charge in [0, 0.05) is 19.5 Å². The number of nitrogens with one attached hydrogen (secondary N) is 1. The second-order valence-corrected chi connectivity index (χ2v) is 8.75. The van der Waals surface area contributed by atoms with Crippen molar-refractivity contribution in [3.8, 4) is 0 Å². The average Bonchev–Trinajstić information content (AvgIpc) is 3.16. The molecule has 2 aliphatic rings. The standard InChI is InChI=1S/C13H18F2N2O4S2/c14-13(15)3-4-17(8-13)6-10-12(18)9(7-21-10)16-23(19,20)11-2-1-5-22-11/h1-2,5,9-10,12,16,18H,3-4,6-8H2. The van der Waals surface area contributed by atoms with Crippen LogP contribution in [0, 0.1) is 0 Å². The van der Waals surface area contributed by atoms with E-state index in [1.807, 2.05) is 0 Å². The molecule has 130 valence electrons. The summed E-state index contributed by atoms with van der Waals surface area (Å²) in [7, 11) is -3.71. The number of halogens is 2. The van der Waals surface area contributed by atoms with Crippen molar-refractivity contribution in [2.24, 2.45) is 0 Å². The van der Waals surface area contributed by atoms with Crippen LogP contribution in [-0.2, 0) is 14.8 Å². The predicted octanol–water partition coefficient (Wildman–Crippen LogP) is 0.496. The molecular formula is C13H18F2N2O4S2. The van der Waals surface area contributed by atoms with E-state index in [4.69, 9.17) is 4.74 Å². The highest BCUT2D eigenvalue weighted by Crippen LogP contribution is 2.28. The Hall–Kier alpha value is -0.650. The molecule has 0 saturated carbocycles. The largest absolute Gasteiger partial charge is 0.389 e. The molecule has 2 aliphatic heterocycles. The van der Waals surface area contributed by atoms with Crippen molar-refractivity contribution >= 4 is 21.4 Å². The van der Waals surface area contributed by atoms with E-state index >= 15 is 0 Å². The number of sulfonamides is 1. The summed E-state index contributed by atoms with van der Waals surface area (Å²) < 4.78 is 58.7. The Labute approximate surface area is 137 Å². The number of likely N-dealkylation sites (tertiary alicyclic amines) is 1. The first kappa shape index (κ1) is 17.2. The molecule has 10 heteroatoms. The van der Waals surface area contributed by atoms with Gasteiger partial charge in [0.2, 0.25) is 10.0 Å². The topological polar surface area (TPSA) is 78.9 Å². The molecule has 0 aromatic carbocycles. The fourth-order valence-electron chi connectivity index (χ4n) is 2.84. The van der Waals surface area contributed by atoms with E-state index in [-0.39, 0.29) is 36.9 Å². The number of hydrogen-bond donors (Lipinski definition) is 2. The highest BCUT2D eigenvalue weighted by Gasteiger charge is 2.43. The number of nitrogens with zero attached hydrogens (tertiary/aromatic N) is 1. The lowest BCUT2D eigenvalue weighted by Gasteiger charge is -2.23. The minimum Gasteiger partial charge on any atom is -0.389 e. The fraction of sp³-hybridized carbons (Fsp3) is 0.692. The van der Waals surface area contributed by atoms with Gasteiger partial charge in [-0.3, -0.25) is 4.90 Å². The number of hydrogen-bond acceptors (Lipinski definition) is 6. The van der Waals surface area contributed by atoms with Crippen LogP contribution >= 0.6 is 11.3 Å². The maximum Gasteiger partial charge on any atom is 0.261 e. The Morgan fingerprint density at radius 3 is 2.91 bits per heavy atom. The summed E-state index contributed by atoms with van der Waals surface area (Å²) >= 11 is 1.08. The molecule has 0 spiro atoms. The molecule has 3 unspecified atom stereocenters. The molecule has 2 fully saturated rings. The lowest BCUT2D eigenvalue weighted by atomic mass is 10.1. The third-order valence-corrected chi connectivity index (χ3v) is 6.92. The molecule has 3 rings (SSSR count). The Morgan fingerprint density at radius 1 is 1.52 bits per heavy atom. The van der Waals surface area contributed by atoms with Crippen LogP contribution in [0.15, 0.2) is 21.7 Å². The number of aliphatic hydroxyl groups is 1. The second-order valence-electron chi connectivity index (χ2n) is 5.86. The third kappa shape index (κ3) is 3.89. The van der Waals surface area contributed by atoms with E-state index in [2.05, 4.69) is 4.72 Å². The third-order valence-electron chi connectivity index (χ3n) is 4.04. The van der Waals surface area contributed by atoms with Gasteiger partial charge in [-0.2, -0.15) is 0 Å². The Kier molecular flexibility index (Phi) is 4.73. The van der Waals surface area contributed by atoms with E-state index in [1.54, 1.807) is 11.4 Å². The van der Waals surface area contributed by atoms with Crippen LogP contribution < -0.4 is 4.72 Å². The highest BCUT2D eigenvalue weighted by atomic mass is 32.2. The monoisotopic (exact) mass is 368 g/mol. The number of alkyl halides is 2. The maximum atomic E-state index is 13.2. The summed E-state index contributed by atoms with van der Waals surface area (Å²) in [5, 5.41) is 11.9. The Balaban J connectivity index is 1.58. The average molecular weight is 368 g/mol. The van der Waals surface area contributed by atoms with Crippen LogP contribution in [0.2, 0.25) is 0 Å². The number of thiophene rings is 1. The summed E-state index contributed by atoms with van der Waals surface area (Å²) in [5.74, 6) is -2.70. The first-order chi connectivity index (χ1) is 10.8. The van der Waals surface area contributed by atoms with Gasteiger partial charge in [-0.1, -0.05) is 6.07 Å². The lowest BCUT2D eigenvalue weighted by molar-refractivity contribution is -0.00722. The molecule has 0 radical (unpaired) electrons. The van der Waals surface area contributed by atoms with Gasteiger partial charge in [0.15, 0.2) is 0 Å². The van der Waals surface area contributed by atoms with Crippen molar-refractivity contribution in [2.75, 3.05) is 26.2 Å². The van der Waals surface area contributed by atoms with E-state index in [1.165, 1.54) is 11.0 Å². The van der Waals surface area contributed by atoms with Gasteiger partial charge < -0.3 is 9.84 Å². The Morgan fingerprint density at radius 2 is 2.30 bits per heavy atom.